The van der Waals surface area contributed by atoms with Crippen molar-refractivity contribution in [1.29, 1.82) is 0 Å². The van der Waals surface area contributed by atoms with Crippen LogP contribution in [0.5, 0.6) is 0 Å². The first-order valence-corrected chi connectivity index (χ1v) is 5.49. The van der Waals surface area contributed by atoms with E-state index in [-0.39, 0.29) is 5.82 Å². The van der Waals surface area contributed by atoms with Gasteiger partial charge in [-0.05, 0) is 48.7 Å². The number of rotatable bonds is 1. The maximum atomic E-state index is 13.8. The summed E-state index contributed by atoms with van der Waals surface area (Å²) in [5.74, 6) is -0.273. The van der Waals surface area contributed by atoms with Crippen molar-refractivity contribution in [3.8, 4) is 11.1 Å². The van der Waals surface area contributed by atoms with Crippen molar-refractivity contribution in [3.63, 3.8) is 0 Å². The smallest absolute Gasteiger partial charge is 0.132 e. The molecular formula is C14H12ClF. The minimum atomic E-state index is -0.273. The maximum Gasteiger partial charge on any atom is 0.132 e. The van der Waals surface area contributed by atoms with Gasteiger partial charge in [0.25, 0.3) is 0 Å². The van der Waals surface area contributed by atoms with Gasteiger partial charge in [0, 0.05) is 10.6 Å². The average Bonchev–Trinajstić information content (AvgIpc) is 2.20. The summed E-state index contributed by atoms with van der Waals surface area (Å²) >= 11 is 5.74. The molecule has 0 heterocycles. The molecule has 2 aromatic carbocycles. The number of aryl methyl sites for hydroxylation is 2. The predicted molar refractivity (Wildman–Crippen MR) is 66.3 cm³/mol. The highest BCUT2D eigenvalue weighted by atomic mass is 35.5. The van der Waals surface area contributed by atoms with Crippen molar-refractivity contribution < 1.29 is 4.39 Å². The topological polar surface area (TPSA) is 0 Å². The lowest BCUT2D eigenvalue weighted by molar-refractivity contribution is 0.631. The Kier molecular flexibility index (Phi) is 2.97. The van der Waals surface area contributed by atoms with Gasteiger partial charge in [-0.3, -0.25) is 0 Å². The molecule has 0 fully saturated rings. The van der Waals surface area contributed by atoms with E-state index in [1.54, 1.807) is 12.1 Å². The van der Waals surface area contributed by atoms with Crippen molar-refractivity contribution in [3.05, 3.63) is 58.4 Å². The molecule has 0 nitrogen and oxygen atoms in total. The minimum Gasteiger partial charge on any atom is -0.206 e. The predicted octanol–water partition coefficient (Wildman–Crippen LogP) is 4.76. The Morgan fingerprint density at radius 2 is 1.62 bits per heavy atom. The Morgan fingerprint density at radius 3 is 2.19 bits per heavy atom. The molecule has 0 unspecified atom stereocenters. The number of hydrogen-bond acceptors (Lipinski definition) is 0. The molecule has 0 atom stereocenters. The van der Waals surface area contributed by atoms with Gasteiger partial charge in [-0.2, -0.15) is 0 Å². The fraction of sp³-hybridized carbons (Fsp3) is 0.143. The molecule has 0 aliphatic carbocycles. The first-order valence-electron chi connectivity index (χ1n) is 5.11. The van der Waals surface area contributed by atoms with Crippen LogP contribution in [0.3, 0.4) is 0 Å². The molecule has 0 aromatic heterocycles. The summed E-state index contributed by atoms with van der Waals surface area (Å²) in [7, 11) is 0. The van der Waals surface area contributed by atoms with Gasteiger partial charge in [-0.15, -0.1) is 0 Å². The summed E-state index contributed by atoms with van der Waals surface area (Å²) in [4.78, 5) is 0. The number of benzene rings is 2. The van der Waals surface area contributed by atoms with Gasteiger partial charge in [0.2, 0.25) is 0 Å². The van der Waals surface area contributed by atoms with Gasteiger partial charge in [-0.25, -0.2) is 4.39 Å². The molecule has 0 amide bonds. The van der Waals surface area contributed by atoms with Gasteiger partial charge < -0.3 is 0 Å². The largest absolute Gasteiger partial charge is 0.206 e. The van der Waals surface area contributed by atoms with Crippen molar-refractivity contribution in [2.75, 3.05) is 0 Å². The van der Waals surface area contributed by atoms with E-state index in [1.165, 1.54) is 6.07 Å². The quantitative estimate of drug-likeness (QED) is 0.667. The van der Waals surface area contributed by atoms with Crippen molar-refractivity contribution in [2.24, 2.45) is 0 Å². The number of halogens is 2. The Balaban J connectivity index is 2.68. The fourth-order valence-electron chi connectivity index (χ4n) is 1.93. The summed E-state index contributed by atoms with van der Waals surface area (Å²) in [6, 6.07) is 10.7. The van der Waals surface area contributed by atoms with Crippen LogP contribution in [0.4, 0.5) is 4.39 Å². The lowest BCUT2D eigenvalue weighted by atomic mass is 9.95. The van der Waals surface area contributed by atoms with E-state index >= 15 is 0 Å². The molecule has 0 aliphatic heterocycles. The molecule has 0 aliphatic rings. The highest BCUT2D eigenvalue weighted by Crippen LogP contribution is 2.30. The first-order chi connectivity index (χ1) is 7.59. The zero-order valence-electron chi connectivity index (χ0n) is 9.22. The van der Waals surface area contributed by atoms with Crippen LogP contribution in [0.1, 0.15) is 11.1 Å². The van der Waals surface area contributed by atoms with E-state index in [0.29, 0.717) is 10.6 Å². The molecule has 2 heteroatoms. The third-order valence-corrected chi connectivity index (χ3v) is 2.92. The Hall–Kier alpha value is -1.34. The van der Waals surface area contributed by atoms with E-state index in [0.717, 1.165) is 16.7 Å². The van der Waals surface area contributed by atoms with Crippen LogP contribution in [0.2, 0.25) is 5.02 Å². The lowest BCUT2D eigenvalue weighted by Crippen LogP contribution is -1.91. The minimum absolute atomic E-state index is 0.273. The highest BCUT2D eigenvalue weighted by Gasteiger charge is 2.10. The third-order valence-electron chi connectivity index (χ3n) is 2.68. The zero-order chi connectivity index (χ0) is 11.7. The summed E-state index contributed by atoms with van der Waals surface area (Å²) in [5.41, 5.74) is 3.71. The van der Waals surface area contributed by atoms with Crippen LogP contribution in [0.15, 0.2) is 36.4 Å². The van der Waals surface area contributed by atoms with E-state index in [1.807, 2.05) is 32.0 Å². The molecule has 0 radical (unpaired) electrons. The van der Waals surface area contributed by atoms with Crippen LogP contribution >= 0.6 is 11.6 Å². The second-order valence-corrected chi connectivity index (χ2v) is 4.33. The molecule has 0 bridgehead atoms. The van der Waals surface area contributed by atoms with Gasteiger partial charge in [0.15, 0.2) is 0 Å². The molecule has 2 aromatic rings. The standard InChI is InChI=1S/C14H12ClF/c1-9-4-3-5-10(2)14(9)12-7-6-11(15)8-13(12)16/h3-8H,1-2H3. The first kappa shape index (κ1) is 11.2. The molecule has 82 valence electrons. The summed E-state index contributed by atoms with van der Waals surface area (Å²) in [6.07, 6.45) is 0. The second kappa shape index (κ2) is 4.26. The number of hydrogen-bond donors (Lipinski definition) is 0. The van der Waals surface area contributed by atoms with Crippen molar-refractivity contribution >= 4 is 11.6 Å². The zero-order valence-corrected chi connectivity index (χ0v) is 9.98. The van der Waals surface area contributed by atoms with Crippen LogP contribution in [-0.2, 0) is 0 Å². The lowest BCUT2D eigenvalue weighted by Gasteiger charge is -2.10. The Morgan fingerprint density at radius 1 is 1.00 bits per heavy atom. The summed E-state index contributed by atoms with van der Waals surface area (Å²) < 4.78 is 13.8. The highest BCUT2D eigenvalue weighted by molar-refractivity contribution is 6.30. The van der Waals surface area contributed by atoms with E-state index in [4.69, 9.17) is 11.6 Å². The van der Waals surface area contributed by atoms with E-state index in [9.17, 15) is 4.39 Å². The molecule has 0 N–H and O–H groups in total. The van der Waals surface area contributed by atoms with Crippen LogP contribution in [-0.4, -0.2) is 0 Å². The Bertz CT molecular complexity index is 512. The van der Waals surface area contributed by atoms with Crippen molar-refractivity contribution in [1.82, 2.24) is 0 Å². The van der Waals surface area contributed by atoms with Gasteiger partial charge in [0.1, 0.15) is 5.82 Å². The van der Waals surface area contributed by atoms with Crippen LogP contribution < -0.4 is 0 Å². The van der Waals surface area contributed by atoms with Crippen LogP contribution in [0.25, 0.3) is 11.1 Å². The van der Waals surface area contributed by atoms with Crippen LogP contribution in [0, 0.1) is 19.7 Å². The maximum absolute atomic E-state index is 13.8. The molecule has 2 rings (SSSR count). The SMILES string of the molecule is Cc1cccc(C)c1-c1ccc(Cl)cc1F. The van der Waals surface area contributed by atoms with Gasteiger partial charge in [-0.1, -0.05) is 29.8 Å². The summed E-state index contributed by atoms with van der Waals surface area (Å²) in [5, 5.41) is 0.424. The fourth-order valence-corrected chi connectivity index (χ4v) is 2.09. The van der Waals surface area contributed by atoms with Gasteiger partial charge in [0.05, 0.1) is 0 Å². The van der Waals surface area contributed by atoms with E-state index in [2.05, 4.69) is 0 Å². The second-order valence-electron chi connectivity index (χ2n) is 3.89. The Labute approximate surface area is 99.7 Å². The third kappa shape index (κ3) is 1.96. The van der Waals surface area contributed by atoms with Gasteiger partial charge >= 0.3 is 0 Å². The molecule has 0 spiro atoms. The molecular weight excluding hydrogens is 223 g/mol. The van der Waals surface area contributed by atoms with Crippen molar-refractivity contribution in [2.45, 2.75) is 13.8 Å². The van der Waals surface area contributed by atoms with E-state index < -0.39 is 0 Å². The summed E-state index contributed by atoms with van der Waals surface area (Å²) in [6.45, 7) is 3.97. The molecule has 0 saturated heterocycles. The average molecular weight is 235 g/mol. The molecule has 16 heavy (non-hydrogen) atoms. The molecule has 0 saturated carbocycles. The normalized spacial score (nSPS) is 10.5. The monoisotopic (exact) mass is 234 g/mol.